The van der Waals surface area contributed by atoms with Gasteiger partial charge in [-0.05, 0) is 55.5 Å². The number of likely N-dealkylation sites (tertiary alicyclic amines) is 1. The van der Waals surface area contributed by atoms with E-state index in [1.54, 1.807) is 11.3 Å². The molecule has 1 N–H and O–H groups in total. The normalized spacial score (nSPS) is 20.3. The molecule has 1 fully saturated rings. The quantitative estimate of drug-likeness (QED) is 0.911. The lowest BCUT2D eigenvalue weighted by atomic mass is 9.94. The standard InChI is InChI=1S/C18H22N2O2S/c1-13-7-10-23-17(13)16(11-15-6-2-3-8-19-15)20-9-4-5-14(12-20)18(21)22/h2-3,6-8,10,14,16H,4-5,9,11-12H2,1H3,(H,21,22). The van der Waals surface area contributed by atoms with Crippen molar-refractivity contribution in [2.45, 2.75) is 32.2 Å². The Hall–Kier alpha value is -1.72. The molecule has 2 unspecified atom stereocenters. The summed E-state index contributed by atoms with van der Waals surface area (Å²) in [6.07, 6.45) is 4.38. The summed E-state index contributed by atoms with van der Waals surface area (Å²) in [5.41, 5.74) is 2.34. The molecule has 4 nitrogen and oxygen atoms in total. The van der Waals surface area contributed by atoms with Gasteiger partial charge in [0.1, 0.15) is 0 Å². The van der Waals surface area contributed by atoms with Gasteiger partial charge in [0.2, 0.25) is 0 Å². The van der Waals surface area contributed by atoms with Crippen molar-refractivity contribution in [3.8, 4) is 0 Å². The minimum absolute atomic E-state index is 0.215. The van der Waals surface area contributed by atoms with E-state index in [0.29, 0.717) is 6.54 Å². The minimum Gasteiger partial charge on any atom is -0.481 e. The zero-order valence-electron chi connectivity index (χ0n) is 13.3. The molecular formula is C18H22N2O2S. The number of carbonyl (C=O) groups is 1. The van der Waals surface area contributed by atoms with E-state index in [1.165, 1.54) is 10.4 Å². The van der Waals surface area contributed by atoms with Gasteiger partial charge in [-0.2, -0.15) is 0 Å². The molecule has 0 aliphatic carbocycles. The highest BCUT2D eigenvalue weighted by atomic mass is 32.1. The van der Waals surface area contributed by atoms with E-state index < -0.39 is 5.97 Å². The second-order valence-corrected chi connectivity index (χ2v) is 7.13. The van der Waals surface area contributed by atoms with Crippen molar-refractivity contribution < 1.29 is 9.90 Å². The van der Waals surface area contributed by atoms with Crippen LogP contribution in [0.3, 0.4) is 0 Å². The molecule has 2 atom stereocenters. The van der Waals surface area contributed by atoms with Gasteiger partial charge >= 0.3 is 5.97 Å². The summed E-state index contributed by atoms with van der Waals surface area (Å²) in [5.74, 6) is -0.926. The first-order valence-corrected chi connectivity index (χ1v) is 8.94. The summed E-state index contributed by atoms with van der Waals surface area (Å²) in [5, 5.41) is 11.5. The number of nitrogens with zero attached hydrogens (tertiary/aromatic N) is 2. The van der Waals surface area contributed by atoms with Crippen LogP contribution in [0.2, 0.25) is 0 Å². The number of carboxylic acids is 1. The number of rotatable bonds is 5. The molecule has 1 aliphatic rings. The molecule has 3 heterocycles. The number of aromatic nitrogens is 1. The maximum absolute atomic E-state index is 11.4. The summed E-state index contributed by atoms with van der Waals surface area (Å²) in [6.45, 7) is 3.72. The molecule has 3 rings (SSSR count). The zero-order valence-corrected chi connectivity index (χ0v) is 14.1. The van der Waals surface area contributed by atoms with Crippen molar-refractivity contribution in [1.29, 1.82) is 0 Å². The fraction of sp³-hybridized carbons (Fsp3) is 0.444. The van der Waals surface area contributed by atoms with Gasteiger partial charge in [0.05, 0.1) is 5.92 Å². The molecule has 5 heteroatoms. The topological polar surface area (TPSA) is 53.4 Å². The summed E-state index contributed by atoms with van der Waals surface area (Å²) < 4.78 is 0. The largest absolute Gasteiger partial charge is 0.481 e. The van der Waals surface area contributed by atoms with Crippen LogP contribution in [0.5, 0.6) is 0 Å². The number of thiophene rings is 1. The Morgan fingerprint density at radius 2 is 2.35 bits per heavy atom. The molecule has 2 aromatic rings. The number of aryl methyl sites for hydroxylation is 1. The van der Waals surface area contributed by atoms with Crippen LogP contribution in [0.25, 0.3) is 0 Å². The molecule has 1 aliphatic heterocycles. The number of pyridine rings is 1. The van der Waals surface area contributed by atoms with E-state index in [9.17, 15) is 9.90 Å². The van der Waals surface area contributed by atoms with Crippen molar-refractivity contribution >= 4 is 17.3 Å². The van der Waals surface area contributed by atoms with Gasteiger partial charge < -0.3 is 5.11 Å². The van der Waals surface area contributed by atoms with Crippen LogP contribution < -0.4 is 0 Å². The van der Waals surface area contributed by atoms with Crippen LogP contribution in [-0.2, 0) is 11.2 Å². The van der Waals surface area contributed by atoms with Crippen molar-refractivity contribution in [2.24, 2.45) is 5.92 Å². The smallest absolute Gasteiger partial charge is 0.307 e. The third-order valence-electron chi connectivity index (χ3n) is 4.58. The zero-order chi connectivity index (χ0) is 16.2. The summed E-state index contributed by atoms with van der Waals surface area (Å²) in [7, 11) is 0. The lowest BCUT2D eigenvalue weighted by Crippen LogP contribution is -2.41. The number of piperidine rings is 1. The van der Waals surface area contributed by atoms with E-state index in [0.717, 1.165) is 31.5 Å². The van der Waals surface area contributed by atoms with Crippen molar-refractivity contribution in [3.63, 3.8) is 0 Å². The lowest BCUT2D eigenvalue weighted by molar-refractivity contribution is -0.144. The molecule has 2 aromatic heterocycles. The van der Waals surface area contributed by atoms with E-state index in [4.69, 9.17) is 0 Å². The van der Waals surface area contributed by atoms with Gasteiger partial charge in [0.15, 0.2) is 0 Å². The Morgan fingerprint density at radius 3 is 3.00 bits per heavy atom. The average Bonchev–Trinajstić information content (AvgIpc) is 2.99. The van der Waals surface area contributed by atoms with Gasteiger partial charge in [-0.1, -0.05) is 6.07 Å². The fourth-order valence-electron chi connectivity index (χ4n) is 3.32. The third kappa shape index (κ3) is 3.79. The Balaban J connectivity index is 1.86. The summed E-state index contributed by atoms with van der Waals surface area (Å²) in [6, 6.07) is 8.35. The van der Waals surface area contributed by atoms with Crippen molar-refractivity contribution in [3.05, 3.63) is 52.0 Å². The fourth-order valence-corrected chi connectivity index (χ4v) is 4.38. The monoisotopic (exact) mass is 330 g/mol. The maximum atomic E-state index is 11.4. The van der Waals surface area contributed by atoms with Crippen molar-refractivity contribution in [1.82, 2.24) is 9.88 Å². The summed E-state index contributed by atoms with van der Waals surface area (Å²) >= 11 is 1.76. The first kappa shape index (κ1) is 16.1. The highest BCUT2D eigenvalue weighted by Gasteiger charge is 2.31. The second kappa shape index (κ2) is 7.23. The highest BCUT2D eigenvalue weighted by molar-refractivity contribution is 7.10. The van der Waals surface area contributed by atoms with Crippen LogP contribution in [0, 0.1) is 12.8 Å². The van der Waals surface area contributed by atoms with Crippen LogP contribution in [0.1, 0.15) is 35.0 Å². The predicted octanol–water partition coefficient (Wildman–Crippen LogP) is 3.53. The van der Waals surface area contributed by atoms with Gasteiger partial charge in [-0.25, -0.2) is 0 Å². The highest BCUT2D eigenvalue weighted by Crippen LogP contribution is 2.34. The number of carboxylic acid groups (broad SMARTS) is 1. The Labute approximate surface area is 140 Å². The average molecular weight is 330 g/mol. The lowest BCUT2D eigenvalue weighted by Gasteiger charge is -2.37. The molecule has 23 heavy (non-hydrogen) atoms. The van der Waals surface area contributed by atoms with Crippen molar-refractivity contribution in [2.75, 3.05) is 13.1 Å². The van der Waals surface area contributed by atoms with Crippen LogP contribution in [-0.4, -0.2) is 34.0 Å². The van der Waals surface area contributed by atoms with E-state index in [-0.39, 0.29) is 12.0 Å². The first-order chi connectivity index (χ1) is 11.1. The molecule has 1 saturated heterocycles. The Morgan fingerprint density at radius 1 is 1.48 bits per heavy atom. The third-order valence-corrected chi connectivity index (χ3v) is 5.70. The van der Waals surface area contributed by atoms with Crippen LogP contribution in [0.15, 0.2) is 35.8 Å². The number of aliphatic carboxylic acids is 1. The van der Waals surface area contributed by atoms with Gasteiger partial charge in [-0.15, -0.1) is 11.3 Å². The number of hydrogen-bond acceptors (Lipinski definition) is 4. The molecular weight excluding hydrogens is 308 g/mol. The molecule has 0 saturated carbocycles. The molecule has 0 spiro atoms. The van der Waals surface area contributed by atoms with Gasteiger partial charge in [0.25, 0.3) is 0 Å². The molecule has 0 aromatic carbocycles. The molecule has 122 valence electrons. The second-order valence-electron chi connectivity index (χ2n) is 6.18. The summed E-state index contributed by atoms with van der Waals surface area (Å²) in [4.78, 5) is 19.5. The van der Waals surface area contributed by atoms with Gasteiger partial charge in [0, 0.05) is 35.8 Å². The predicted molar refractivity (Wildman–Crippen MR) is 91.7 cm³/mol. The van der Waals surface area contributed by atoms with Crippen LogP contribution >= 0.6 is 11.3 Å². The van der Waals surface area contributed by atoms with E-state index in [2.05, 4.69) is 34.3 Å². The minimum atomic E-state index is -0.672. The van der Waals surface area contributed by atoms with E-state index >= 15 is 0 Å². The molecule has 0 bridgehead atoms. The SMILES string of the molecule is Cc1ccsc1C(Cc1ccccn1)N1CCCC(C(=O)O)C1. The maximum Gasteiger partial charge on any atom is 0.307 e. The van der Waals surface area contributed by atoms with E-state index in [1.807, 2.05) is 18.3 Å². The molecule has 0 amide bonds. The first-order valence-electron chi connectivity index (χ1n) is 8.06. The number of hydrogen-bond donors (Lipinski definition) is 1. The molecule has 0 radical (unpaired) electrons. The van der Waals surface area contributed by atoms with Crippen LogP contribution in [0.4, 0.5) is 0 Å². The van der Waals surface area contributed by atoms with Gasteiger partial charge in [-0.3, -0.25) is 14.7 Å². The Bertz CT molecular complexity index is 656. The Kier molecular flexibility index (Phi) is 5.08.